The van der Waals surface area contributed by atoms with Crippen LogP contribution < -0.4 is 0 Å². The first-order chi connectivity index (χ1) is 3.18. The van der Waals surface area contributed by atoms with Crippen LogP contribution in [-0.4, -0.2) is 27.8 Å². The summed E-state index contributed by atoms with van der Waals surface area (Å²) in [5, 5.41) is 0. The van der Waals surface area contributed by atoms with Crippen molar-refractivity contribution in [1.82, 2.24) is 4.73 Å². The van der Waals surface area contributed by atoms with Crippen molar-refractivity contribution in [2.45, 2.75) is 13.1 Å². The average molecular weight is 118 g/mol. The van der Waals surface area contributed by atoms with Gasteiger partial charge in [0.15, 0.2) is 8.96 Å². The summed E-state index contributed by atoms with van der Waals surface area (Å²) in [5.41, 5.74) is 0. The summed E-state index contributed by atoms with van der Waals surface area (Å²) in [6.45, 7) is 4.35. The number of rotatable bonds is 2. The van der Waals surface area contributed by atoms with Crippen LogP contribution in [0.5, 0.6) is 0 Å². The van der Waals surface area contributed by atoms with Gasteiger partial charge < -0.3 is 4.84 Å². The maximum atomic E-state index is 4.89. The van der Waals surface area contributed by atoms with Crippen LogP contribution in [0.25, 0.3) is 0 Å². The second-order valence-corrected chi connectivity index (χ2v) is 4.15. The van der Waals surface area contributed by atoms with Crippen molar-refractivity contribution in [1.29, 1.82) is 0 Å². The van der Waals surface area contributed by atoms with Crippen LogP contribution in [0.15, 0.2) is 0 Å². The summed E-state index contributed by atoms with van der Waals surface area (Å²) in [7, 11) is 3.29. The Hall–Kier alpha value is 0.137. The Morgan fingerprint density at radius 2 is 1.86 bits per heavy atom. The van der Waals surface area contributed by atoms with E-state index >= 15 is 0 Å². The molecule has 0 saturated carbocycles. The Labute approximate surface area is 46.7 Å². The van der Waals surface area contributed by atoms with Crippen molar-refractivity contribution in [2.75, 3.05) is 14.2 Å². The first kappa shape index (κ1) is 7.14. The van der Waals surface area contributed by atoms with Crippen molar-refractivity contribution < 1.29 is 4.84 Å². The van der Waals surface area contributed by atoms with Crippen LogP contribution >= 0.6 is 0 Å². The summed E-state index contributed by atoms with van der Waals surface area (Å²) < 4.78 is 1.89. The Kier molecular flexibility index (Phi) is 3.24. The average Bonchev–Trinajstić information content (AvgIpc) is 1.65. The lowest BCUT2D eigenvalue weighted by Gasteiger charge is -2.15. The van der Waals surface area contributed by atoms with Crippen LogP contribution in [0.3, 0.4) is 0 Å². The molecule has 0 saturated heterocycles. The van der Waals surface area contributed by atoms with E-state index in [1.165, 1.54) is 0 Å². The Bertz CT molecular complexity index is 49.0. The van der Waals surface area contributed by atoms with Crippen LogP contribution in [-0.2, 0) is 4.84 Å². The van der Waals surface area contributed by atoms with Gasteiger partial charge in [-0.2, -0.15) is 0 Å². The van der Waals surface area contributed by atoms with E-state index in [9.17, 15) is 0 Å². The highest BCUT2D eigenvalue weighted by molar-refractivity contribution is 6.52. The van der Waals surface area contributed by atoms with Gasteiger partial charge in [0.2, 0.25) is 0 Å². The Balaban J connectivity index is 3.14. The third-order valence-corrected chi connectivity index (χ3v) is 2.35. The number of hydroxylamine groups is 1. The van der Waals surface area contributed by atoms with Crippen molar-refractivity contribution in [3.63, 3.8) is 0 Å². The van der Waals surface area contributed by atoms with Crippen molar-refractivity contribution in [3.05, 3.63) is 0 Å². The van der Waals surface area contributed by atoms with E-state index in [0.29, 0.717) is 0 Å². The molecule has 0 N–H and O–H groups in total. The summed E-state index contributed by atoms with van der Waals surface area (Å²) in [4.78, 5) is 4.89. The molecule has 43 valence electrons. The number of hydrogen-bond donors (Lipinski definition) is 0. The highest BCUT2D eigenvalue weighted by Crippen LogP contribution is 1.86. The molecule has 3 heteroatoms. The zero-order chi connectivity index (χ0) is 5.86. The Morgan fingerprint density at radius 3 is 1.86 bits per heavy atom. The molecule has 0 bridgehead atoms. The minimum Gasteiger partial charge on any atom is -0.310 e. The molecule has 0 aliphatic carbocycles. The highest BCUT2D eigenvalue weighted by atomic mass is 28.3. The fourth-order valence-corrected chi connectivity index (χ4v) is 0.548. The maximum absolute atomic E-state index is 4.89. The summed E-state index contributed by atoms with van der Waals surface area (Å²) >= 11 is 0. The molecule has 1 radical (unpaired) electrons. The van der Waals surface area contributed by atoms with Gasteiger partial charge >= 0.3 is 0 Å². The zero-order valence-corrected chi connectivity index (χ0v) is 6.36. The molecule has 0 aromatic heterocycles. The van der Waals surface area contributed by atoms with Gasteiger partial charge in [0, 0.05) is 7.05 Å². The smallest absolute Gasteiger partial charge is 0.164 e. The molecular weight excluding hydrogens is 106 g/mol. The lowest BCUT2D eigenvalue weighted by molar-refractivity contribution is -0.0331. The first-order valence-electron chi connectivity index (χ1n) is 2.26. The second kappa shape index (κ2) is 3.18. The van der Waals surface area contributed by atoms with Crippen molar-refractivity contribution in [3.8, 4) is 0 Å². The van der Waals surface area contributed by atoms with Gasteiger partial charge in [0.1, 0.15) is 0 Å². The molecule has 0 aromatic carbocycles. The van der Waals surface area contributed by atoms with Gasteiger partial charge in [-0.25, -0.2) is 4.73 Å². The van der Waals surface area contributed by atoms with Crippen LogP contribution in [0, 0.1) is 0 Å². The van der Waals surface area contributed by atoms with Gasteiger partial charge in [0.25, 0.3) is 0 Å². The molecule has 0 aliphatic rings. The lowest BCUT2D eigenvalue weighted by Crippen LogP contribution is -2.28. The molecule has 7 heavy (non-hydrogen) atoms. The van der Waals surface area contributed by atoms with Crippen LogP contribution in [0.1, 0.15) is 0 Å². The number of hydrogen-bond acceptors (Lipinski definition) is 2. The quantitative estimate of drug-likeness (QED) is 0.391. The van der Waals surface area contributed by atoms with Gasteiger partial charge in [-0.05, 0) is 0 Å². The summed E-state index contributed by atoms with van der Waals surface area (Å²) in [6, 6.07) is 0. The van der Waals surface area contributed by atoms with Gasteiger partial charge in [-0.1, -0.05) is 13.1 Å². The molecule has 0 aromatic rings. The van der Waals surface area contributed by atoms with Gasteiger partial charge in [-0.15, -0.1) is 0 Å². The third-order valence-electron chi connectivity index (χ3n) is 0.904. The molecule has 0 heterocycles. The van der Waals surface area contributed by atoms with E-state index in [1.807, 2.05) is 11.8 Å². The normalized spacial score (nSPS) is 11.1. The van der Waals surface area contributed by atoms with Crippen molar-refractivity contribution in [2.24, 2.45) is 0 Å². The summed E-state index contributed by atoms with van der Waals surface area (Å²) in [6.07, 6.45) is 0. The maximum Gasteiger partial charge on any atom is 0.164 e. The minimum atomic E-state index is -0.352. The molecule has 0 aliphatic heterocycles. The molecular formula is C4H12NOSi. The first-order valence-corrected chi connectivity index (χ1v) is 4.71. The van der Waals surface area contributed by atoms with Gasteiger partial charge in [0.05, 0.1) is 7.11 Å². The minimum absolute atomic E-state index is 0.352. The fraction of sp³-hybridized carbons (Fsp3) is 1.00. The van der Waals surface area contributed by atoms with E-state index < -0.39 is 0 Å². The molecule has 0 spiro atoms. The molecule has 0 unspecified atom stereocenters. The number of nitrogens with zero attached hydrogens (tertiary/aromatic N) is 1. The molecule has 0 amide bonds. The van der Waals surface area contributed by atoms with Crippen LogP contribution in [0.4, 0.5) is 0 Å². The topological polar surface area (TPSA) is 12.5 Å². The lowest BCUT2D eigenvalue weighted by atomic mass is 11.5. The molecule has 0 rings (SSSR count). The standard InChI is InChI=1S/C4H12NOSi/c1-5(6-2)7(3)4/h1-4H3. The molecule has 2 nitrogen and oxygen atoms in total. The monoisotopic (exact) mass is 118 g/mol. The van der Waals surface area contributed by atoms with Crippen molar-refractivity contribution >= 4 is 8.96 Å². The fourth-order valence-electron chi connectivity index (χ4n) is 0.183. The van der Waals surface area contributed by atoms with E-state index in [-0.39, 0.29) is 8.96 Å². The predicted molar refractivity (Wildman–Crippen MR) is 32.3 cm³/mol. The van der Waals surface area contributed by atoms with Crippen LogP contribution in [0.2, 0.25) is 13.1 Å². The van der Waals surface area contributed by atoms with E-state index in [2.05, 4.69) is 13.1 Å². The van der Waals surface area contributed by atoms with E-state index in [1.54, 1.807) is 7.11 Å². The highest BCUT2D eigenvalue weighted by Gasteiger charge is 2.00. The summed E-state index contributed by atoms with van der Waals surface area (Å²) in [5.74, 6) is 0. The SMILES string of the molecule is CON(C)[Si](C)C. The third kappa shape index (κ3) is 2.79. The zero-order valence-electron chi connectivity index (χ0n) is 5.36. The molecule has 0 atom stereocenters. The predicted octanol–water partition coefficient (Wildman–Crippen LogP) is 0.731. The largest absolute Gasteiger partial charge is 0.310 e. The second-order valence-electron chi connectivity index (χ2n) is 1.63. The Morgan fingerprint density at radius 1 is 1.43 bits per heavy atom. The molecule has 0 fully saturated rings. The van der Waals surface area contributed by atoms with E-state index in [0.717, 1.165) is 0 Å². The van der Waals surface area contributed by atoms with E-state index in [4.69, 9.17) is 4.84 Å². The van der Waals surface area contributed by atoms with Gasteiger partial charge in [-0.3, -0.25) is 0 Å².